The average molecular weight is 988 g/mol. The van der Waals surface area contributed by atoms with Gasteiger partial charge >= 0.3 is 136 Å². The fourth-order valence-corrected chi connectivity index (χ4v) is 10.9. The molecule has 3 heterocycles. The van der Waals surface area contributed by atoms with Gasteiger partial charge in [0.25, 0.3) is 0 Å². The number of pyridine rings is 1. The number of rotatable bonds is 8. The number of nitriles is 1. The van der Waals surface area contributed by atoms with Crippen LogP contribution in [0.4, 0.5) is 0 Å². The van der Waals surface area contributed by atoms with Crippen molar-refractivity contribution in [1.82, 2.24) is 14.5 Å². The molecule has 5 nitrogen and oxygen atoms in total. The van der Waals surface area contributed by atoms with E-state index < -0.39 is 13.3 Å². The predicted molar refractivity (Wildman–Crippen MR) is 236 cm³/mol. The molecule has 0 aliphatic rings. The van der Waals surface area contributed by atoms with Gasteiger partial charge in [0, 0.05) is 31.2 Å². The Morgan fingerprint density at radius 1 is 0.754 bits per heavy atom. The smallest absolute Gasteiger partial charge is 0.120 e. The van der Waals surface area contributed by atoms with Crippen LogP contribution in [0, 0.1) is 29.4 Å². The van der Waals surface area contributed by atoms with Crippen molar-refractivity contribution in [3.8, 4) is 34.4 Å². The van der Waals surface area contributed by atoms with Crippen molar-refractivity contribution in [3.63, 3.8) is 0 Å². The third-order valence-corrected chi connectivity index (χ3v) is 14.7. The molecule has 0 aliphatic heterocycles. The van der Waals surface area contributed by atoms with E-state index in [4.69, 9.17) is 14.7 Å². The first kappa shape index (κ1) is 41.8. The van der Waals surface area contributed by atoms with E-state index in [0.717, 1.165) is 62.0 Å². The Morgan fingerprint density at radius 2 is 1.44 bits per heavy atom. The number of imidazole rings is 1. The van der Waals surface area contributed by atoms with Gasteiger partial charge in [-0.3, -0.25) is 4.98 Å². The van der Waals surface area contributed by atoms with E-state index in [2.05, 4.69) is 159 Å². The molecule has 7 heteroatoms. The van der Waals surface area contributed by atoms with Crippen LogP contribution in [-0.2, 0) is 26.5 Å². The van der Waals surface area contributed by atoms with Gasteiger partial charge in [0.15, 0.2) is 0 Å². The van der Waals surface area contributed by atoms with Crippen LogP contribution in [0.3, 0.4) is 0 Å². The van der Waals surface area contributed by atoms with Crippen molar-refractivity contribution in [3.05, 3.63) is 144 Å². The fourth-order valence-electron chi connectivity index (χ4n) is 7.58. The van der Waals surface area contributed by atoms with Gasteiger partial charge in [-0.25, -0.2) is 0 Å². The molecule has 8 aromatic rings. The second kappa shape index (κ2) is 17.4. The topological polar surface area (TPSA) is 67.6 Å². The molecule has 0 spiro atoms. The monoisotopic (exact) mass is 989 g/mol. The minimum atomic E-state index is -1.92. The Labute approximate surface area is 353 Å². The minimum Gasteiger partial charge on any atom is -0.500 e. The van der Waals surface area contributed by atoms with Crippen molar-refractivity contribution in [2.45, 2.75) is 77.1 Å². The van der Waals surface area contributed by atoms with Gasteiger partial charge in [-0.05, 0) is 41.2 Å². The average Bonchev–Trinajstić information content (AvgIpc) is 3.75. The molecule has 0 fully saturated rings. The van der Waals surface area contributed by atoms with Gasteiger partial charge in [0.1, 0.15) is 5.58 Å². The summed E-state index contributed by atoms with van der Waals surface area (Å²) < 4.78 is 9.90. The predicted octanol–water partition coefficient (Wildman–Crippen LogP) is 12.8. The molecule has 291 valence electrons. The zero-order chi connectivity index (χ0) is 39.7. The van der Waals surface area contributed by atoms with Crippen LogP contribution < -0.4 is 4.40 Å². The van der Waals surface area contributed by atoms with Crippen molar-refractivity contribution >= 4 is 50.6 Å². The zero-order valence-corrected chi connectivity index (χ0v) is 38.9. The molecular weight excluding hydrogens is 937 g/mol. The van der Waals surface area contributed by atoms with E-state index >= 15 is 0 Å². The Hall–Kier alpha value is -4.80. The molecule has 8 rings (SSSR count). The molecule has 0 saturated carbocycles. The summed E-state index contributed by atoms with van der Waals surface area (Å²) in [7, 11) is 0. The Morgan fingerprint density at radius 3 is 2.09 bits per heavy atom. The first-order valence-electron chi connectivity index (χ1n) is 19.7. The van der Waals surface area contributed by atoms with E-state index in [1.54, 1.807) is 6.07 Å². The third-order valence-electron chi connectivity index (χ3n) is 10.3. The molecule has 0 N–H and O–H groups in total. The number of benzene rings is 5. The normalized spacial score (nSPS) is 11.6. The van der Waals surface area contributed by atoms with Crippen LogP contribution in [0.2, 0.25) is 17.3 Å². The number of para-hydroxylation sites is 4. The summed E-state index contributed by atoms with van der Waals surface area (Å²) in [4.78, 5) is 9.80. The molecule has 0 bridgehead atoms. The van der Waals surface area contributed by atoms with E-state index in [9.17, 15) is 0 Å². The Balaban J connectivity index is 0.000000208. The summed E-state index contributed by atoms with van der Waals surface area (Å²) in [6.45, 7) is 13.6. The third kappa shape index (κ3) is 8.72. The van der Waals surface area contributed by atoms with E-state index in [0.29, 0.717) is 23.3 Å². The van der Waals surface area contributed by atoms with E-state index in [1.165, 1.54) is 26.8 Å². The van der Waals surface area contributed by atoms with Crippen LogP contribution in [0.25, 0.3) is 61.3 Å². The quantitative estimate of drug-likeness (QED) is 0.112. The summed E-state index contributed by atoms with van der Waals surface area (Å²) in [5.41, 5.74) is 12.7. The molecule has 3 aromatic heterocycles. The van der Waals surface area contributed by atoms with Crippen LogP contribution >= 0.6 is 0 Å². The molecule has 0 unspecified atom stereocenters. The van der Waals surface area contributed by atoms with Crippen molar-refractivity contribution < 1.29 is 24.5 Å². The number of hydrogen-bond acceptors (Lipinski definition) is 4. The number of fused-ring (bicyclic) bond motifs is 4. The fraction of sp³-hybridized carbons (Fsp3) is 0.260. The van der Waals surface area contributed by atoms with E-state index in [1.807, 2.05) is 30.3 Å². The Kier molecular flexibility index (Phi) is 12.7. The largest absolute Gasteiger partial charge is 0.500 e. The van der Waals surface area contributed by atoms with Crippen molar-refractivity contribution in [2.24, 2.45) is 5.92 Å². The number of nitrogens with zero attached hydrogens (tertiary/aromatic N) is 4. The molecule has 0 saturated heterocycles. The van der Waals surface area contributed by atoms with Gasteiger partial charge in [-0.2, -0.15) is 0 Å². The molecule has 57 heavy (non-hydrogen) atoms. The van der Waals surface area contributed by atoms with Crippen LogP contribution in [-0.4, -0.2) is 27.8 Å². The summed E-state index contributed by atoms with van der Waals surface area (Å²) in [5.74, 6) is 9.53. The molecule has 0 amide bonds. The van der Waals surface area contributed by atoms with Gasteiger partial charge in [0.2, 0.25) is 0 Å². The molecular formula is C50H50GeIrN4O-2. The first-order valence-corrected chi connectivity index (χ1v) is 27.0. The summed E-state index contributed by atoms with van der Waals surface area (Å²) >= 11 is -1.92. The van der Waals surface area contributed by atoms with Crippen molar-refractivity contribution in [1.29, 1.82) is 5.26 Å². The van der Waals surface area contributed by atoms with Crippen molar-refractivity contribution in [2.75, 3.05) is 0 Å². The SMILES string of the molecule is CC(C)Cc1cc(-c2[c-]cc(C#N)cc2)nc[c]1[Ge]([CH3])([CH3])[CH3].CC(C)c1cccc(C(C)C)c1-n1c(-c2[c-]cc3oc4ccccc4c3c2)nc2ccccc21.[Ir]. The number of hydrogen-bond donors (Lipinski definition) is 0. The Bertz CT molecular complexity index is 2680. The molecule has 5 aromatic carbocycles. The van der Waals surface area contributed by atoms with E-state index in [-0.39, 0.29) is 20.1 Å². The second-order valence-electron chi connectivity index (χ2n) is 16.8. The van der Waals surface area contributed by atoms with Crippen LogP contribution in [0.5, 0.6) is 0 Å². The maximum Gasteiger partial charge on any atom is 0.120 e. The second-order valence-corrected chi connectivity index (χ2v) is 27.3. The van der Waals surface area contributed by atoms with Crippen LogP contribution in [0.1, 0.15) is 75.6 Å². The summed E-state index contributed by atoms with van der Waals surface area (Å²) in [6.07, 6.45) is 3.17. The van der Waals surface area contributed by atoms with Crippen LogP contribution in [0.15, 0.2) is 114 Å². The summed E-state index contributed by atoms with van der Waals surface area (Å²) in [5, 5.41) is 11.1. The van der Waals surface area contributed by atoms with Gasteiger partial charge in [-0.15, -0.1) is 23.8 Å². The van der Waals surface area contributed by atoms with Gasteiger partial charge in [-0.1, -0.05) is 81.6 Å². The zero-order valence-electron chi connectivity index (χ0n) is 34.4. The standard InChI is InChI=1S/C31H27N2O.C19H23GeN2.Ir/c1-19(2)22-11-9-12-23(20(3)4)30(22)33-27-14-7-6-13-26(27)32-31(33)21-16-17-29-25(18-21)24-10-5-8-15-28(24)34-29;1-14(2)10-17-11-19(22-13-18(17)20(3,4)5)16-8-6-15(12-21)7-9-16;/h5-15,17-20H,1-4H3;6-8,11,13-14H,10H2,1-5H3;/q2*-1;. The number of furan rings is 1. The molecule has 1 radical (unpaired) electrons. The molecule has 0 aliphatic carbocycles. The minimum absolute atomic E-state index is 0. The maximum absolute atomic E-state index is 8.89. The first-order chi connectivity index (χ1) is 26.8. The van der Waals surface area contributed by atoms with Gasteiger partial charge in [0.05, 0.1) is 22.4 Å². The maximum atomic E-state index is 8.89. The number of aromatic nitrogens is 3. The van der Waals surface area contributed by atoms with Gasteiger partial charge < -0.3 is 8.98 Å². The summed E-state index contributed by atoms with van der Waals surface area (Å²) in [6, 6.07) is 43.9. The molecule has 0 atom stereocenters.